The van der Waals surface area contributed by atoms with Crippen molar-refractivity contribution in [3.63, 3.8) is 0 Å². The van der Waals surface area contributed by atoms with Crippen LogP contribution in [-0.2, 0) is 0 Å². The maximum Gasteiger partial charge on any atom is 0.170 e. The second-order valence-electron chi connectivity index (χ2n) is 6.44. The zero-order valence-electron chi connectivity index (χ0n) is 13.2. The molecular weight excluding hydrogens is 286 g/mol. The molecule has 3 heteroatoms. The fourth-order valence-corrected chi connectivity index (χ4v) is 3.73. The third kappa shape index (κ3) is 2.83. The number of Topliss-reactive ketones (excluding diaryl/α,β-unsaturated/α-hetero) is 1. The summed E-state index contributed by atoms with van der Waals surface area (Å²) >= 11 is 0. The predicted molar refractivity (Wildman–Crippen MR) is 91.2 cm³/mol. The SMILES string of the molecule is O=C1CC(C2CCN(c3ccccc3)CC2)Oc2ccccc21. The Kier molecular flexibility index (Phi) is 3.78. The van der Waals surface area contributed by atoms with Crippen LogP contribution in [0.1, 0.15) is 29.6 Å². The molecule has 0 spiro atoms. The van der Waals surface area contributed by atoms with Gasteiger partial charge in [-0.1, -0.05) is 30.3 Å². The van der Waals surface area contributed by atoms with Gasteiger partial charge in [-0.05, 0) is 43.0 Å². The number of carbonyl (C=O) groups is 1. The maximum atomic E-state index is 12.3. The van der Waals surface area contributed by atoms with Gasteiger partial charge in [0.25, 0.3) is 0 Å². The summed E-state index contributed by atoms with van der Waals surface area (Å²) < 4.78 is 6.14. The fourth-order valence-electron chi connectivity index (χ4n) is 3.73. The van der Waals surface area contributed by atoms with E-state index in [0.717, 1.165) is 37.2 Å². The Bertz CT molecular complexity index is 690. The van der Waals surface area contributed by atoms with Crippen molar-refractivity contribution in [2.45, 2.75) is 25.4 Å². The number of ether oxygens (including phenoxy) is 1. The number of fused-ring (bicyclic) bond motifs is 1. The molecule has 0 saturated carbocycles. The first kappa shape index (κ1) is 14.3. The highest BCUT2D eigenvalue weighted by molar-refractivity contribution is 5.99. The number of benzene rings is 2. The van der Waals surface area contributed by atoms with Crippen LogP contribution in [0.25, 0.3) is 0 Å². The Labute approximate surface area is 136 Å². The quantitative estimate of drug-likeness (QED) is 0.841. The average Bonchev–Trinajstić information content (AvgIpc) is 2.63. The summed E-state index contributed by atoms with van der Waals surface area (Å²) in [6.45, 7) is 2.06. The van der Waals surface area contributed by atoms with E-state index in [1.54, 1.807) is 0 Å². The van der Waals surface area contributed by atoms with Gasteiger partial charge in [0.05, 0.1) is 5.56 Å². The maximum absolute atomic E-state index is 12.3. The van der Waals surface area contributed by atoms with Crippen molar-refractivity contribution in [2.75, 3.05) is 18.0 Å². The molecule has 2 heterocycles. The van der Waals surface area contributed by atoms with E-state index >= 15 is 0 Å². The molecule has 3 nitrogen and oxygen atoms in total. The third-order valence-electron chi connectivity index (χ3n) is 5.04. The van der Waals surface area contributed by atoms with E-state index in [-0.39, 0.29) is 11.9 Å². The van der Waals surface area contributed by atoms with Crippen LogP contribution in [-0.4, -0.2) is 25.0 Å². The van der Waals surface area contributed by atoms with Gasteiger partial charge < -0.3 is 9.64 Å². The smallest absolute Gasteiger partial charge is 0.170 e. The van der Waals surface area contributed by atoms with E-state index in [1.165, 1.54) is 5.69 Å². The van der Waals surface area contributed by atoms with Crippen molar-refractivity contribution in [2.24, 2.45) is 5.92 Å². The summed E-state index contributed by atoms with van der Waals surface area (Å²) in [5.41, 5.74) is 2.03. The van der Waals surface area contributed by atoms with E-state index < -0.39 is 0 Å². The molecule has 0 amide bonds. The highest BCUT2D eigenvalue weighted by Crippen LogP contribution is 2.34. The number of para-hydroxylation sites is 2. The van der Waals surface area contributed by atoms with Crippen LogP contribution >= 0.6 is 0 Å². The first-order chi connectivity index (χ1) is 11.3. The van der Waals surface area contributed by atoms with Gasteiger partial charge in [0.2, 0.25) is 0 Å². The first-order valence-electron chi connectivity index (χ1n) is 8.40. The van der Waals surface area contributed by atoms with Crippen LogP contribution in [0, 0.1) is 5.92 Å². The molecule has 0 aromatic heterocycles. The lowest BCUT2D eigenvalue weighted by atomic mass is 9.86. The minimum Gasteiger partial charge on any atom is -0.489 e. The molecule has 2 aromatic rings. The highest BCUT2D eigenvalue weighted by atomic mass is 16.5. The molecule has 1 saturated heterocycles. The number of hydrogen-bond donors (Lipinski definition) is 0. The van der Waals surface area contributed by atoms with Crippen LogP contribution < -0.4 is 9.64 Å². The first-order valence-corrected chi connectivity index (χ1v) is 8.40. The van der Waals surface area contributed by atoms with E-state index in [4.69, 9.17) is 4.74 Å². The van der Waals surface area contributed by atoms with E-state index in [2.05, 4.69) is 35.2 Å². The summed E-state index contributed by atoms with van der Waals surface area (Å²) in [6.07, 6.45) is 2.71. The van der Waals surface area contributed by atoms with E-state index in [9.17, 15) is 4.79 Å². The van der Waals surface area contributed by atoms with Crippen LogP contribution in [0.3, 0.4) is 0 Å². The van der Waals surface area contributed by atoms with Gasteiger partial charge in [-0.3, -0.25) is 4.79 Å². The van der Waals surface area contributed by atoms with Crippen LogP contribution in [0.5, 0.6) is 5.75 Å². The summed E-state index contributed by atoms with van der Waals surface area (Å²) in [5.74, 6) is 1.45. The predicted octanol–water partition coefficient (Wildman–Crippen LogP) is 3.94. The molecule has 0 bridgehead atoms. The number of ketones is 1. The fraction of sp³-hybridized carbons (Fsp3) is 0.350. The molecule has 23 heavy (non-hydrogen) atoms. The number of hydrogen-bond acceptors (Lipinski definition) is 3. The van der Waals surface area contributed by atoms with Crippen molar-refractivity contribution < 1.29 is 9.53 Å². The van der Waals surface area contributed by atoms with Crippen molar-refractivity contribution in [3.8, 4) is 5.75 Å². The zero-order valence-corrected chi connectivity index (χ0v) is 13.2. The summed E-state index contributed by atoms with van der Waals surface area (Å²) in [7, 11) is 0. The Morgan fingerprint density at radius 3 is 2.39 bits per heavy atom. The van der Waals surface area contributed by atoms with Crippen molar-refractivity contribution in [3.05, 3.63) is 60.2 Å². The summed E-state index contributed by atoms with van der Waals surface area (Å²) in [4.78, 5) is 14.8. The van der Waals surface area contributed by atoms with E-state index in [1.807, 2.05) is 24.3 Å². The second kappa shape index (κ2) is 6.07. The number of anilines is 1. The Morgan fingerprint density at radius 2 is 1.61 bits per heavy atom. The topological polar surface area (TPSA) is 29.5 Å². The lowest BCUT2D eigenvalue weighted by Gasteiger charge is -2.38. The second-order valence-corrected chi connectivity index (χ2v) is 6.44. The normalized spacial score (nSPS) is 21.7. The van der Waals surface area contributed by atoms with Crippen LogP contribution in [0.2, 0.25) is 0 Å². The van der Waals surface area contributed by atoms with Gasteiger partial charge in [0, 0.05) is 25.2 Å². The Balaban J connectivity index is 1.43. The van der Waals surface area contributed by atoms with Crippen molar-refractivity contribution >= 4 is 11.5 Å². The minimum absolute atomic E-state index is 0.0373. The minimum atomic E-state index is 0.0373. The average molecular weight is 307 g/mol. The van der Waals surface area contributed by atoms with Gasteiger partial charge in [0.1, 0.15) is 11.9 Å². The van der Waals surface area contributed by atoms with Gasteiger partial charge >= 0.3 is 0 Å². The molecule has 4 rings (SSSR count). The van der Waals surface area contributed by atoms with Gasteiger partial charge in [-0.15, -0.1) is 0 Å². The van der Waals surface area contributed by atoms with Gasteiger partial charge in [-0.2, -0.15) is 0 Å². The lowest BCUT2D eigenvalue weighted by Crippen LogP contribution is -2.42. The molecule has 0 aliphatic carbocycles. The summed E-state index contributed by atoms with van der Waals surface area (Å²) in [5, 5.41) is 0. The van der Waals surface area contributed by atoms with Gasteiger partial charge in [-0.25, -0.2) is 0 Å². The molecule has 1 atom stereocenters. The van der Waals surface area contributed by atoms with Crippen LogP contribution in [0.15, 0.2) is 54.6 Å². The third-order valence-corrected chi connectivity index (χ3v) is 5.04. The molecule has 0 N–H and O–H groups in total. The molecule has 0 radical (unpaired) electrons. The van der Waals surface area contributed by atoms with Gasteiger partial charge in [0.15, 0.2) is 5.78 Å². The van der Waals surface area contributed by atoms with Crippen molar-refractivity contribution in [1.82, 2.24) is 0 Å². The number of nitrogens with zero attached hydrogens (tertiary/aromatic N) is 1. The molecule has 2 aliphatic heterocycles. The molecule has 2 aromatic carbocycles. The van der Waals surface area contributed by atoms with Crippen molar-refractivity contribution in [1.29, 1.82) is 0 Å². The number of rotatable bonds is 2. The van der Waals surface area contributed by atoms with E-state index in [0.29, 0.717) is 12.3 Å². The highest BCUT2D eigenvalue weighted by Gasteiger charge is 2.34. The summed E-state index contributed by atoms with van der Waals surface area (Å²) in [6, 6.07) is 18.2. The lowest BCUT2D eigenvalue weighted by molar-refractivity contribution is 0.0684. The molecule has 2 aliphatic rings. The molecule has 1 fully saturated rings. The molecule has 118 valence electrons. The molecule has 1 unspecified atom stereocenters. The zero-order chi connectivity index (χ0) is 15.6. The Morgan fingerprint density at radius 1 is 0.913 bits per heavy atom. The monoisotopic (exact) mass is 307 g/mol. The number of piperidine rings is 1. The standard InChI is InChI=1S/C20H21NO2/c22-18-14-20(23-19-9-5-4-8-17(18)19)15-10-12-21(13-11-15)16-6-2-1-3-7-16/h1-9,15,20H,10-14H2. The molecular formula is C20H21NO2. The Hall–Kier alpha value is -2.29. The van der Waals surface area contributed by atoms with Crippen LogP contribution in [0.4, 0.5) is 5.69 Å². The number of carbonyl (C=O) groups excluding carboxylic acids is 1. The largest absolute Gasteiger partial charge is 0.489 e.